The van der Waals surface area contributed by atoms with Crippen LogP contribution in [0.1, 0.15) is 36.5 Å². The molecule has 2 N–H and O–H groups in total. The van der Waals surface area contributed by atoms with Crippen molar-refractivity contribution in [3.8, 4) is 0 Å². The molecule has 1 aromatic rings. The van der Waals surface area contributed by atoms with Crippen molar-refractivity contribution in [2.45, 2.75) is 32.2 Å². The molecule has 108 valence electrons. The van der Waals surface area contributed by atoms with E-state index in [0.717, 1.165) is 25.8 Å². The Bertz CT molecular complexity index is 465. The number of benzene rings is 1. The van der Waals surface area contributed by atoms with Gasteiger partial charge >= 0.3 is 5.97 Å². The Morgan fingerprint density at radius 3 is 2.70 bits per heavy atom. The van der Waals surface area contributed by atoms with Crippen molar-refractivity contribution in [1.82, 2.24) is 5.32 Å². The van der Waals surface area contributed by atoms with Gasteiger partial charge in [-0.15, -0.1) is 0 Å². The number of hydrogen-bond donors (Lipinski definition) is 2. The number of nitrogens with one attached hydrogen (secondary N) is 2. The maximum atomic E-state index is 11.9. The normalized spacial score (nSPS) is 17.8. The highest BCUT2D eigenvalue weighted by molar-refractivity contribution is 5.96. The van der Waals surface area contributed by atoms with Gasteiger partial charge in [-0.05, 0) is 50.1 Å². The first-order chi connectivity index (χ1) is 9.70. The lowest BCUT2D eigenvalue weighted by molar-refractivity contribution is -0.117. The Labute approximate surface area is 118 Å². The van der Waals surface area contributed by atoms with Crippen molar-refractivity contribution in [3.05, 3.63) is 29.8 Å². The van der Waals surface area contributed by atoms with Crippen LogP contribution in [0.4, 0.5) is 5.69 Å². The van der Waals surface area contributed by atoms with Crippen molar-refractivity contribution < 1.29 is 14.3 Å². The predicted octanol–water partition coefficient (Wildman–Crippen LogP) is 1.94. The Kier molecular flexibility index (Phi) is 5.12. The quantitative estimate of drug-likeness (QED) is 0.807. The smallest absolute Gasteiger partial charge is 0.338 e. The number of anilines is 1. The molecule has 1 heterocycles. The number of ether oxygens (including phenoxy) is 1. The highest BCUT2D eigenvalue weighted by Gasteiger charge is 2.21. The van der Waals surface area contributed by atoms with Gasteiger partial charge in [0.05, 0.1) is 18.2 Å². The highest BCUT2D eigenvalue weighted by atomic mass is 16.5. The largest absolute Gasteiger partial charge is 0.462 e. The van der Waals surface area contributed by atoms with E-state index < -0.39 is 0 Å². The predicted molar refractivity (Wildman–Crippen MR) is 76.7 cm³/mol. The summed E-state index contributed by atoms with van der Waals surface area (Å²) >= 11 is 0. The average Bonchev–Trinajstić information content (AvgIpc) is 3.00. The zero-order chi connectivity index (χ0) is 14.4. The lowest BCUT2D eigenvalue weighted by atomic mass is 10.2. The van der Waals surface area contributed by atoms with Gasteiger partial charge in [0.15, 0.2) is 0 Å². The van der Waals surface area contributed by atoms with Gasteiger partial charge in [0.25, 0.3) is 0 Å². The van der Waals surface area contributed by atoms with Crippen LogP contribution in [0, 0.1) is 0 Å². The van der Waals surface area contributed by atoms with E-state index in [0.29, 0.717) is 17.9 Å². The minimum atomic E-state index is -0.331. The van der Waals surface area contributed by atoms with Crippen molar-refractivity contribution in [1.29, 1.82) is 0 Å². The van der Waals surface area contributed by atoms with Crippen LogP contribution in [-0.2, 0) is 9.53 Å². The van der Waals surface area contributed by atoms with E-state index in [1.807, 2.05) is 6.92 Å². The van der Waals surface area contributed by atoms with E-state index in [1.165, 1.54) is 0 Å². The molecule has 0 aliphatic carbocycles. The van der Waals surface area contributed by atoms with Crippen LogP contribution in [-0.4, -0.2) is 31.1 Å². The number of rotatable bonds is 5. The second kappa shape index (κ2) is 7.05. The molecule has 1 saturated heterocycles. The molecule has 5 nitrogen and oxygen atoms in total. The van der Waals surface area contributed by atoms with Crippen LogP contribution in [0.15, 0.2) is 24.3 Å². The summed E-state index contributed by atoms with van der Waals surface area (Å²) in [6.45, 7) is 3.26. The summed E-state index contributed by atoms with van der Waals surface area (Å²) in [5.41, 5.74) is 1.19. The van der Waals surface area contributed by atoms with E-state index in [2.05, 4.69) is 10.6 Å². The summed E-state index contributed by atoms with van der Waals surface area (Å²) in [6, 6.07) is 6.65. The molecule has 5 heteroatoms. The Morgan fingerprint density at radius 2 is 2.10 bits per heavy atom. The Hall–Kier alpha value is -1.88. The maximum absolute atomic E-state index is 11.9. The third kappa shape index (κ3) is 3.81. The third-order valence-electron chi connectivity index (χ3n) is 3.20. The fourth-order valence-electron chi connectivity index (χ4n) is 2.11. The second-order valence-corrected chi connectivity index (χ2v) is 4.85. The lowest BCUT2D eigenvalue weighted by Gasteiger charge is -2.11. The van der Waals surface area contributed by atoms with E-state index in [9.17, 15) is 9.59 Å². The standard InChI is InChI=1S/C15H20N2O3/c1-2-10-20-15(19)11-5-7-12(8-6-11)17-14(18)13-4-3-9-16-13/h5-8,13,16H,2-4,9-10H2,1H3,(H,17,18)/t13-/m1/s1. The second-order valence-electron chi connectivity index (χ2n) is 4.85. The first-order valence-electron chi connectivity index (χ1n) is 7.02. The molecule has 1 amide bonds. The fraction of sp³-hybridized carbons (Fsp3) is 0.467. The zero-order valence-corrected chi connectivity index (χ0v) is 11.6. The van der Waals surface area contributed by atoms with Gasteiger partial charge in [-0.25, -0.2) is 4.79 Å². The molecule has 1 atom stereocenters. The number of hydrogen-bond acceptors (Lipinski definition) is 4. The summed E-state index contributed by atoms with van der Waals surface area (Å²) in [5.74, 6) is -0.356. The highest BCUT2D eigenvalue weighted by Crippen LogP contribution is 2.13. The van der Waals surface area contributed by atoms with Gasteiger partial charge in [-0.2, -0.15) is 0 Å². The molecule has 1 fully saturated rings. The van der Waals surface area contributed by atoms with Gasteiger partial charge in [-0.1, -0.05) is 6.92 Å². The van der Waals surface area contributed by atoms with Crippen molar-refractivity contribution in [3.63, 3.8) is 0 Å². The van der Waals surface area contributed by atoms with Gasteiger partial charge < -0.3 is 15.4 Å². The number of amides is 1. The van der Waals surface area contributed by atoms with Gasteiger partial charge in [0.2, 0.25) is 5.91 Å². The molecule has 0 aromatic heterocycles. The summed E-state index contributed by atoms with van der Waals surface area (Å²) in [4.78, 5) is 23.5. The molecule has 0 spiro atoms. The molecule has 1 aliphatic heterocycles. The third-order valence-corrected chi connectivity index (χ3v) is 3.20. The molecule has 0 unspecified atom stereocenters. The van der Waals surface area contributed by atoms with E-state index in [-0.39, 0.29) is 17.9 Å². The molecule has 0 saturated carbocycles. The summed E-state index contributed by atoms with van der Waals surface area (Å²) in [5, 5.41) is 5.98. The summed E-state index contributed by atoms with van der Waals surface area (Å²) < 4.78 is 5.04. The molecule has 1 aromatic carbocycles. The Morgan fingerprint density at radius 1 is 1.35 bits per heavy atom. The van der Waals surface area contributed by atoms with Crippen molar-refractivity contribution in [2.24, 2.45) is 0 Å². The van der Waals surface area contributed by atoms with E-state index in [4.69, 9.17) is 4.74 Å². The lowest BCUT2D eigenvalue weighted by Crippen LogP contribution is -2.35. The van der Waals surface area contributed by atoms with Crippen molar-refractivity contribution >= 4 is 17.6 Å². The first kappa shape index (κ1) is 14.5. The maximum Gasteiger partial charge on any atom is 0.338 e. The van der Waals surface area contributed by atoms with E-state index in [1.54, 1.807) is 24.3 Å². The van der Waals surface area contributed by atoms with Gasteiger partial charge in [0, 0.05) is 5.69 Å². The topological polar surface area (TPSA) is 67.4 Å². The van der Waals surface area contributed by atoms with Gasteiger partial charge in [0.1, 0.15) is 0 Å². The summed E-state index contributed by atoms with van der Waals surface area (Å²) in [7, 11) is 0. The Balaban J connectivity index is 1.90. The minimum Gasteiger partial charge on any atom is -0.462 e. The van der Waals surface area contributed by atoms with E-state index >= 15 is 0 Å². The monoisotopic (exact) mass is 276 g/mol. The average molecular weight is 276 g/mol. The zero-order valence-electron chi connectivity index (χ0n) is 11.6. The molecule has 1 aliphatic rings. The van der Waals surface area contributed by atoms with Crippen LogP contribution in [0.3, 0.4) is 0 Å². The molecular formula is C15H20N2O3. The van der Waals surface area contributed by atoms with Crippen molar-refractivity contribution in [2.75, 3.05) is 18.5 Å². The molecular weight excluding hydrogens is 256 g/mol. The number of carbonyl (C=O) groups is 2. The molecule has 0 bridgehead atoms. The number of esters is 1. The van der Waals surface area contributed by atoms with Gasteiger partial charge in [-0.3, -0.25) is 4.79 Å². The molecule has 0 radical (unpaired) electrons. The SMILES string of the molecule is CCCOC(=O)c1ccc(NC(=O)[C@H]2CCCN2)cc1. The molecule has 2 rings (SSSR count). The van der Waals surface area contributed by atoms with Crippen LogP contribution in [0.5, 0.6) is 0 Å². The van der Waals surface area contributed by atoms with Crippen LogP contribution in [0.25, 0.3) is 0 Å². The summed E-state index contributed by atoms with van der Waals surface area (Å²) in [6.07, 6.45) is 2.70. The van der Waals surface area contributed by atoms with Crippen LogP contribution >= 0.6 is 0 Å². The minimum absolute atomic E-state index is 0.0243. The van der Waals surface area contributed by atoms with Crippen LogP contribution in [0.2, 0.25) is 0 Å². The molecule has 20 heavy (non-hydrogen) atoms. The number of carbonyl (C=O) groups excluding carboxylic acids is 2. The van der Waals surface area contributed by atoms with Crippen LogP contribution < -0.4 is 10.6 Å². The first-order valence-corrected chi connectivity index (χ1v) is 7.02. The fourth-order valence-corrected chi connectivity index (χ4v) is 2.11.